The third-order valence-corrected chi connectivity index (χ3v) is 11.1. The number of hydrogen-bond donors (Lipinski definition) is 2. The maximum atomic E-state index is 12.0. The highest BCUT2D eigenvalue weighted by atomic mass is 16.5. The maximum Gasteiger partial charge on any atom is 0.335 e. The zero-order chi connectivity index (χ0) is 35.0. The Morgan fingerprint density at radius 2 is 1.18 bits per heavy atom. The van der Waals surface area contributed by atoms with Gasteiger partial charge in [-0.15, -0.1) is 0 Å². The van der Waals surface area contributed by atoms with Gasteiger partial charge in [-0.3, -0.25) is 0 Å². The number of aliphatic hydroxyl groups is 2. The van der Waals surface area contributed by atoms with Gasteiger partial charge in [-0.05, 0) is 117 Å². The molecular formula is C43H60O6. The fraction of sp³-hybridized carbons (Fsp3) is 0.581. The molecule has 49 heavy (non-hydrogen) atoms. The number of hydrogen-bond acceptors (Lipinski definition) is 6. The van der Waals surface area contributed by atoms with Crippen molar-refractivity contribution < 1.29 is 29.3 Å². The van der Waals surface area contributed by atoms with Crippen molar-refractivity contribution in [2.75, 3.05) is 26.4 Å². The first-order valence-electron chi connectivity index (χ1n) is 18.9. The summed E-state index contributed by atoms with van der Waals surface area (Å²) in [5.74, 6) is 1.73. The lowest BCUT2D eigenvalue weighted by molar-refractivity contribution is -0.144. The minimum atomic E-state index is -0.676. The number of ether oxygens (including phenoxy) is 2. The molecule has 0 heterocycles. The summed E-state index contributed by atoms with van der Waals surface area (Å²) in [6.45, 7) is 8.33. The van der Waals surface area contributed by atoms with Crippen LogP contribution in [0.2, 0.25) is 0 Å². The van der Waals surface area contributed by atoms with E-state index >= 15 is 0 Å². The van der Waals surface area contributed by atoms with E-state index in [0.717, 1.165) is 35.7 Å². The molecule has 2 aliphatic rings. The Labute approximate surface area is 295 Å². The summed E-state index contributed by atoms with van der Waals surface area (Å²) >= 11 is 0. The average Bonchev–Trinajstić information content (AvgIpc) is 3.15. The first-order chi connectivity index (χ1) is 23.8. The van der Waals surface area contributed by atoms with Gasteiger partial charge in [0, 0.05) is 5.92 Å². The molecule has 0 saturated heterocycles. The summed E-state index contributed by atoms with van der Waals surface area (Å²) in [7, 11) is 0. The van der Waals surface area contributed by atoms with Crippen LogP contribution in [-0.2, 0) is 38.3 Å². The van der Waals surface area contributed by atoms with E-state index in [2.05, 4.69) is 68.6 Å². The topological polar surface area (TPSA) is 93.1 Å². The summed E-state index contributed by atoms with van der Waals surface area (Å²) in [6.07, 6.45) is 18.9. The second kappa shape index (κ2) is 20.5. The minimum absolute atomic E-state index is 0.00956. The number of carbonyl (C=O) groups excluding carboxylic acids is 2. The molecule has 0 spiro atoms. The summed E-state index contributed by atoms with van der Waals surface area (Å²) in [5.41, 5.74) is 5.38. The highest BCUT2D eigenvalue weighted by molar-refractivity contribution is 5.88. The fourth-order valence-electron chi connectivity index (χ4n) is 7.84. The molecule has 4 rings (SSSR count). The van der Waals surface area contributed by atoms with E-state index < -0.39 is 25.2 Å². The van der Waals surface area contributed by atoms with Crippen LogP contribution in [-0.4, -0.2) is 48.6 Å². The molecule has 0 amide bonds. The van der Waals surface area contributed by atoms with Crippen molar-refractivity contribution in [3.63, 3.8) is 0 Å². The van der Waals surface area contributed by atoms with Crippen LogP contribution >= 0.6 is 0 Å². The number of aryl methyl sites for hydroxylation is 2. The highest BCUT2D eigenvalue weighted by Crippen LogP contribution is 2.44. The summed E-state index contributed by atoms with van der Waals surface area (Å²) in [5, 5.41) is 18.3. The molecule has 6 nitrogen and oxygen atoms in total. The van der Waals surface area contributed by atoms with E-state index in [1.54, 1.807) is 5.56 Å². The van der Waals surface area contributed by atoms with Gasteiger partial charge in [0.2, 0.25) is 0 Å². The molecule has 268 valence electrons. The summed E-state index contributed by atoms with van der Waals surface area (Å²) in [6, 6.07) is 18.1. The van der Waals surface area contributed by atoms with E-state index in [0.29, 0.717) is 6.42 Å². The van der Waals surface area contributed by atoms with E-state index in [1.807, 2.05) is 0 Å². The van der Waals surface area contributed by atoms with Gasteiger partial charge >= 0.3 is 11.9 Å². The summed E-state index contributed by atoms with van der Waals surface area (Å²) in [4.78, 5) is 24.1. The van der Waals surface area contributed by atoms with Crippen LogP contribution in [0.15, 0.2) is 72.8 Å². The standard InChI is InChI=1S/C43H60O6/c1-4-5-6-7-33-14-18-38(19-15-33)40-22-24-41(25-23-40)39-20-16-35(17-21-39)9-8-34-10-12-36(13-11-34)26-37(29-48-42(46)31(2)27-44)30-49-43(47)32(3)28-45/h10-15,18-19,35,37,39-41,44-45H,2-9,16-17,20-30H2,1H3. The van der Waals surface area contributed by atoms with Crippen LogP contribution in [0.5, 0.6) is 0 Å². The van der Waals surface area contributed by atoms with Gasteiger partial charge in [0.25, 0.3) is 0 Å². The monoisotopic (exact) mass is 672 g/mol. The first-order valence-corrected chi connectivity index (χ1v) is 18.9. The third kappa shape index (κ3) is 12.6. The van der Waals surface area contributed by atoms with Gasteiger partial charge in [0.1, 0.15) is 0 Å². The molecule has 2 saturated carbocycles. The van der Waals surface area contributed by atoms with Gasteiger partial charge in [-0.1, -0.05) is 94.3 Å². The molecule has 2 N–H and O–H groups in total. The first kappa shape index (κ1) is 38.6. The Hall–Kier alpha value is -3.22. The lowest BCUT2D eigenvalue weighted by atomic mass is 9.68. The normalized spacial score (nSPS) is 20.9. The molecule has 2 aliphatic carbocycles. The molecule has 0 atom stereocenters. The number of carbonyl (C=O) groups is 2. The molecule has 2 aromatic carbocycles. The molecule has 6 heteroatoms. The van der Waals surface area contributed by atoms with E-state index in [9.17, 15) is 9.59 Å². The second-order valence-electron chi connectivity index (χ2n) is 14.7. The van der Waals surface area contributed by atoms with Gasteiger partial charge in [0.05, 0.1) is 37.6 Å². The van der Waals surface area contributed by atoms with Gasteiger partial charge < -0.3 is 19.7 Å². The lowest BCUT2D eigenvalue weighted by Gasteiger charge is -2.38. The predicted molar refractivity (Wildman–Crippen MR) is 196 cm³/mol. The molecule has 0 unspecified atom stereocenters. The largest absolute Gasteiger partial charge is 0.462 e. The third-order valence-electron chi connectivity index (χ3n) is 11.1. The van der Waals surface area contributed by atoms with Crippen molar-refractivity contribution in [1.82, 2.24) is 0 Å². The Balaban J connectivity index is 1.17. The van der Waals surface area contributed by atoms with E-state index in [4.69, 9.17) is 19.7 Å². The van der Waals surface area contributed by atoms with Crippen molar-refractivity contribution in [3.05, 3.63) is 95.1 Å². The fourth-order valence-corrected chi connectivity index (χ4v) is 7.84. The molecule has 0 aliphatic heterocycles. The minimum Gasteiger partial charge on any atom is -0.462 e. The number of esters is 2. The zero-order valence-electron chi connectivity index (χ0n) is 29.9. The molecule has 2 fully saturated rings. The Kier molecular flexibility index (Phi) is 16.1. The molecule has 0 aromatic heterocycles. The number of aliphatic hydroxyl groups excluding tert-OH is 2. The lowest BCUT2D eigenvalue weighted by Crippen LogP contribution is -2.25. The van der Waals surface area contributed by atoms with Crippen LogP contribution in [0.25, 0.3) is 0 Å². The number of unbranched alkanes of at least 4 members (excludes halogenated alkanes) is 2. The Morgan fingerprint density at radius 3 is 1.71 bits per heavy atom. The van der Waals surface area contributed by atoms with Crippen molar-refractivity contribution in [3.8, 4) is 0 Å². The van der Waals surface area contributed by atoms with Crippen molar-refractivity contribution in [2.45, 2.75) is 109 Å². The van der Waals surface area contributed by atoms with E-state index in [-0.39, 0.29) is 30.3 Å². The second-order valence-corrected chi connectivity index (χ2v) is 14.7. The Morgan fingerprint density at radius 1 is 0.694 bits per heavy atom. The highest BCUT2D eigenvalue weighted by Gasteiger charge is 2.31. The smallest absolute Gasteiger partial charge is 0.335 e. The van der Waals surface area contributed by atoms with E-state index in [1.165, 1.54) is 94.6 Å². The Bertz CT molecular complexity index is 1280. The van der Waals surface area contributed by atoms with Crippen LogP contribution in [0.4, 0.5) is 0 Å². The number of benzene rings is 2. The van der Waals surface area contributed by atoms with Gasteiger partial charge in [-0.2, -0.15) is 0 Å². The van der Waals surface area contributed by atoms with Crippen molar-refractivity contribution in [2.24, 2.45) is 23.7 Å². The van der Waals surface area contributed by atoms with Gasteiger partial charge in [-0.25, -0.2) is 9.59 Å². The predicted octanol–water partition coefficient (Wildman–Crippen LogP) is 8.47. The molecule has 2 aromatic rings. The van der Waals surface area contributed by atoms with Crippen LogP contribution in [0, 0.1) is 23.7 Å². The average molecular weight is 673 g/mol. The summed E-state index contributed by atoms with van der Waals surface area (Å²) < 4.78 is 10.6. The van der Waals surface area contributed by atoms with Crippen LogP contribution in [0.3, 0.4) is 0 Å². The molecule has 0 radical (unpaired) electrons. The molecular weight excluding hydrogens is 612 g/mol. The van der Waals surface area contributed by atoms with Crippen LogP contribution in [0.1, 0.15) is 112 Å². The molecule has 0 bridgehead atoms. The SMILES string of the molecule is C=C(CO)C(=O)OCC(COC(=O)C(=C)CO)Cc1ccc(CCC2CCC(C3CCC(c4ccc(CCCCC)cc4)CC3)CC2)cc1. The number of rotatable bonds is 19. The van der Waals surface area contributed by atoms with Gasteiger partial charge in [0.15, 0.2) is 0 Å². The quantitative estimate of drug-likeness (QED) is 0.0884. The van der Waals surface area contributed by atoms with Crippen molar-refractivity contribution >= 4 is 11.9 Å². The van der Waals surface area contributed by atoms with Crippen molar-refractivity contribution in [1.29, 1.82) is 0 Å². The maximum absolute atomic E-state index is 12.0. The van der Waals surface area contributed by atoms with Crippen LogP contribution < -0.4 is 0 Å². The zero-order valence-corrected chi connectivity index (χ0v) is 29.9.